The van der Waals surface area contributed by atoms with E-state index in [1.54, 1.807) is 11.9 Å². The lowest BCUT2D eigenvalue weighted by molar-refractivity contribution is -0.130. The normalized spacial score (nSPS) is 16.9. The van der Waals surface area contributed by atoms with E-state index in [0.29, 0.717) is 17.3 Å². The highest BCUT2D eigenvalue weighted by Crippen LogP contribution is 2.22. The van der Waals surface area contributed by atoms with E-state index in [1.165, 1.54) is 29.2 Å². The molecule has 1 aliphatic rings. The minimum Gasteiger partial charge on any atom is -0.332 e. The highest BCUT2D eigenvalue weighted by molar-refractivity contribution is 7.80. The van der Waals surface area contributed by atoms with E-state index in [2.05, 4.69) is 5.32 Å². The fraction of sp³-hybridized carbons (Fsp3) is 0.211. The molecule has 1 N–H and O–H groups in total. The highest BCUT2D eigenvalue weighted by atomic mass is 32.1. The van der Waals surface area contributed by atoms with Gasteiger partial charge >= 0.3 is 0 Å². The summed E-state index contributed by atoms with van der Waals surface area (Å²) in [6.07, 6.45) is -0.0342. The van der Waals surface area contributed by atoms with Crippen LogP contribution in [0.3, 0.4) is 0 Å². The molecule has 5 nitrogen and oxygen atoms in total. The van der Waals surface area contributed by atoms with Gasteiger partial charge in [0, 0.05) is 19.3 Å². The van der Waals surface area contributed by atoms with E-state index >= 15 is 0 Å². The van der Waals surface area contributed by atoms with Crippen LogP contribution in [-0.2, 0) is 16.1 Å². The Kier molecular flexibility index (Phi) is 5.27. The van der Waals surface area contributed by atoms with Crippen LogP contribution >= 0.6 is 12.2 Å². The molecule has 1 aliphatic heterocycles. The largest absolute Gasteiger partial charge is 0.332 e. The van der Waals surface area contributed by atoms with Crippen LogP contribution in [0.5, 0.6) is 0 Å². The standard InChI is InChI=1S/C19H18FN3O2S/c1-22-18(25)16(11-17(24)21-15-9-7-14(20)8-10-15)23(19(22)26)12-13-5-3-2-4-6-13/h2-10,16H,11-12H2,1H3,(H,21,24). The summed E-state index contributed by atoms with van der Waals surface area (Å²) in [5.41, 5.74) is 1.48. The van der Waals surface area contributed by atoms with Crippen LogP contribution in [0.2, 0.25) is 0 Å². The zero-order chi connectivity index (χ0) is 18.7. The van der Waals surface area contributed by atoms with Crippen molar-refractivity contribution in [3.8, 4) is 0 Å². The Morgan fingerprint density at radius 1 is 1.15 bits per heavy atom. The smallest absolute Gasteiger partial charge is 0.251 e. The number of thiocarbonyl (C=S) groups is 1. The van der Waals surface area contributed by atoms with Crippen molar-refractivity contribution < 1.29 is 14.0 Å². The van der Waals surface area contributed by atoms with Crippen LogP contribution in [0, 0.1) is 5.82 Å². The number of carbonyl (C=O) groups excluding carboxylic acids is 2. The molecular weight excluding hydrogens is 353 g/mol. The summed E-state index contributed by atoms with van der Waals surface area (Å²) in [6, 6.07) is 14.4. The maximum atomic E-state index is 13.0. The summed E-state index contributed by atoms with van der Waals surface area (Å²) in [4.78, 5) is 28.0. The van der Waals surface area contributed by atoms with Gasteiger partial charge in [0.15, 0.2) is 5.11 Å². The van der Waals surface area contributed by atoms with Gasteiger partial charge in [0.25, 0.3) is 5.91 Å². The summed E-state index contributed by atoms with van der Waals surface area (Å²) in [6.45, 7) is 0.449. The molecule has 26 heavy (non-hydrogen) atoms. The average molecular weight is 371 g/mol. The van der Waals surface area contributed by atoms with Crippen molar-refractivity contribution in [2.75, 3.05) is 12.4 Å². The second kappa shape index (κ2) is 7.61. The summed E-state index contributed by atoms with van der Waals surface area (Å²) in [5.74, 6) is -0.915. The first-order valence-electron chi connectivity index (χ1n) is 8.13. The Hall–Kier alpha value is -2.80. The van der Waals surface area contributed by atoms with Gasteiger partial charge in [-0.2, -0.15) is 0 Å². The van der Waals surface area contributed by atoms with E-state index in [9.17, 15) is 14.0 Å². The number of carbonyl (C=O) groups is 2. The van der Waals surface area contributed by atoms with Gasteiger partial charge in [-0.15, -0.1) is 0 Å². The van der Waals surface area contributed by atoms with Gasteiger partial charge in [0.2, 0.25) is 5.91 Å². The number of amides is 2. The average Bonchev–Trinajstić information content (AvgIpc) is 2.83. The first-order chi connectivity index (χ1) is 12.5. The van der Waals surface area contributed by atoms with Crippen LogP contribution < -0.4 is 5.32 Å². The van der Waals surface area contributed by atoms with E-state index < -0.39 is 6.04 Å². The first-order valence-corrected chi connectivity index (χ1v) is 8.54. The molecule has 0 aliphatic carbocycles. The lowest BCUT2D eigenvalue weighted by Gasteiger charge is -2.23. The van der Waals surface area contributed by atoms with Crippen LogP contribution in [0.4, 0.5) is 10.1 Å². The molecule has 3 rings (SSSR count). The second-order valence-electron chi connectivity index (χ2n) is 6.07. The molecule has 2 amide bonds. The van der Waals surface area contributed by atoms with Crippen LogP contribution in [-0.4, -0.2) is 39.8 Å². The Morgan fingerprint density at radius 2 is 1.81 bits per heavy atom. The van der Waals surface area contributed by atoms with E-state index in [-0.39, 0.29) is 24.1 Å². The molecule has 0 radical (unpaired) electrons. The molecule has 0 saturated carbocycles. The SMILES string of the molecule is CN1C(=O)C(CC(=O)Nc2ccc(F)cc2)N(Cc2ccccc2)C1=S. The predicted octanol–water partition coefficient (Wildman–Crippen LogP) is 2.78. The number of nitrogens with one attached hydrogen (secondary N) is 1. The van der Waals surface area contributed by atoms with Crippen molar-refractivity contribution >= 4 is 34.8 Å². The topological polar surface area (TPSA) is 52.7 Å². The summed E-state index contributed by atoms with van der Waals surface area (Å²) < 4.78 is 13.0. The number of rotatable bonds is 5. The van der Waals surface area contributed by atoms with Gasteiger partial charge in [0.05, 0.1) is 6.42 Å². The van der Waals surface area contributed by atoms with Gasteiger partial charge in [-0.1, -0.05) is 30.3 Å². The molecular formula is C19H18FN3O2S. The Balaban J connectivity index is 1.72. The number of halogens is 1. The lowest BCUT2D eigenvalue weighted by Crippen LogP contribution is -2.37. The quantitative estimate of drug-likeness (QED) is 0.822. The van der Waals surface area contributed by atoms with E-state index in [4.69, 9.17) is 12.2 Å². The van der Waals surface area contributed by atoms with Crippen molar-refractivity contribution in [3.05, 3.63) is 66.0 Å². The molecule has 2 aromatic carbocycles. The third kappa shape index (κ3) is 3.88. The van der Waals surface area contributed by atoms with Gasteiger partial charge in [-0.3, -0.25) is 14.5 Å². The molecule has 0 bridgehead atoms. The van der Waals surface area contributed by atoms with E-state index in [0.717, 1.165) is 5.56 Å². The van der Waals surface area contributed by atoms with Crippen LogP contribution in [0.25, 0.3) is 0 Å². The van der Waals surface area contributed by atoms with Crippen molar-refractivity contribution in [3.63, 3.8) is 0 Å². The van der Waals surface area contributed by atoms with Crippen molar-refractivity contribution in [1.29, 1.82) is 0 Å². The maximum absolute atomic E-state index is 13.0. The molecule has 1 saturated heterocycles. The Bertz CT molecular complexity index is 826. The third-order valence-corrected chi connectivity index (χ3v) is 4.74. The Morgan fingerprint density at radius 3 is 2.46 bits per heavy atom. The Labute approximate surface area is 156 Å². The zero-order valence-electron chi connectivity index (χ0n) is 14.2. The zero-order valence-corrected chi connectivity index (χ0v) is 15.0. The van der Waals surface area contributed by atoms with Gasteiger partial charge < -0.3 is 10.2 Å². The fourth-order valence-electron chi connectivity index (χ4n) is 2.85. The molecule has 1 fully saturated rings. The van der Waals surface area contributed by atoms with Gasteiger partial charge in [0.1, 0.15) is 11.9 Å². The molecule has 1 heterocycles. The number of nitrogens with zero attached hydrogens (tertiary/aromatic N) is 2. The first kappa shape index (κ1) is 18.0. The van der Waals surface area contributed by atoms with Gasteiger partial charge in [-0.25, -0.2) is 4.39 Å². The number of likely N-dealkylation sites (N-methyl/N-ethyl adjacent to an activating group) is 1. The second-order valence-corrected chi connectivity index (χ2v) is 6.43. The molecule has 2 aromatic rings. The fourth-order valence-corrected chi connectivity index (χ4v) is 3.14. The van der Waals surface area contributed by atoms with E-state index in [1.807, 2.05) is 30.3 Å². The van der Waals surface area contributed by atoms with Crippen molar-refractivity contribution in [2.45, 2.75) is 19.0 Å². The van der Waals surface area contributed by atoms with Crippen molar-refractivity contribution in [2.24, 2.45) is 0 Å². The number of hydrogen-bond acceptors (Lipinski definition) is 3. The number of benzene rings is 2. The van der Waals surface area contributed by atoms with Gasteiger partial charge in [-0.05, 0) is 42.0 Å². The van der Waals surface area contributed by atoms with Crippen LogP contribution in [0.15, 0.2) is 54.6 Å². The number of anilines is 1. The minimum absolute atomic E-state index is 0.0342. The molecule has 7 heteroatoms. The molecule has 1 unspecified atom stereocenters. The molecule has 0 aromatic heterocycles. The monoisotopic (exact) mass is 371 g/mol. The minimum atomic E-state index is -0.659. The number of hydrogen-bond donors (Lipinski definition) is 1. The highest BCUT2D eigenvalue weighted by Gasteiger charge is 2.41. The third-order valence-electron chi connectivity index (χ3n) is 4.23. The predicted molar refractivity (Wildman–Crippen MR) is 101 cm³/mol. The lowest BCUT2D eigenvalue weighted by atomic mass is 10.1. The summed E-state index contributed by atoms with van der Waals surface area (Å²) >= 11 is 5.37. The maximum Gasteiger partial charge on any atom is 0.251 e. The molecule has 0 spiro atoms. The van der Waals surface area contributed by atoms with Crippen LogP contribution in [0.1, 0.15) is 12.0 Å². The summed E-state index contributed by atoms with van der Waals surface area (Å²) in [7, 11) is 1.61. The molecule has 1 atom stereocenters. The summed E-state index contributed by atoms with van der Waals surface area (Å²) in [5, 5.41) is 3.09. The molecule has 134 valence electrons. The van der Waals surface area contributed by atoms with Crippen molar-refractivity contribution in [1.82, 2.24) is 9.80 Å².